The molecular formula is C11H16ClN. The number of halogens is 1. The molecule has 2 rings (SSSR count). The van der Waals surface area contributed by atoms with Gasteiger partial charge in [0, 0.05) is 6.54 Å². The highest BCUT2D eigenvalue weighted by molar-refractivity contribution is 5.85. The van der Waals surface area contributed by atoms with Gasteiger partial charge in [-0.15, -0.1) is 12.4 Å². The van der Waals surface area contributed by atoms with Crippen LogP contribution >= 0.6 is 12.4 Å². The average Bonchev–Trinajstić information content (AvgIpc) is 2.50. The maximum Gasteiger partial charge on any atom is 0.0181 e. The second-order valence-corrected chi connectivity index (χ2v) is 3.62. The van der Waals surface area contributed by atoms with Gasteiger partial charge in [0.15, 0.2) is 0 Å². The van der Waals surface area contributed by atoms with E-state index in [1.807, 2.05) is 0 Å². The lowest BCUT2D eigenvalue weighted by Crippen LogP contribution is -2.01. The predicted octanol–water partition coefficient (Wildman–Crippen LogP) is 2.36. The van der Waals surface area contributed by atoms with Crippen molar-refractivity contribution in [3.63, 3.8) is 0 Å². The van der Waals surface area contributed by atoms with Crippen LogP contribution in [-0.4, -0.2) is 0 Å². The fourth-order valence-electron chi connectivity index (χ4n) is 2.15. The van der Waals surface area contributed by atoms with Gasteiger partial charge in [-0.1, -0.05) is 17.7 Å². The molecule has 0 heterocycles. The van der Waals surface area contributed by atoms with Crippen molar-refractivity contribution in [3.8, 4) is 0 Å². The summed E-state index contributed by atoms with van der Waals surface area (Å²) in [5, 5.41) is 0. The minimum atomic E-state index is 0. The first-order valence-corrected chi connectivity index (χ1v) is 4.62. The van der Waals surface area contributed by atoms with E-state index in [0.29, 0.717) is 6.54 Å². The minimum absolute atomic E-state index is 0. The molecule has 0 spiro atoms. The van der Waals surface area contributed by atoms with Crippen molar-refractivity contribution in [1.29, 1.82) is 0 Å². The summed E-state index contributed by atoms with van der Waals surface area (Å²) in [5.41, 5.74) is 11.5. The first kappa shape index (κ1) is 10.6. The van der Waals surface area contributed by atoms with Gasteiger partial charge in [-0.05, 0) is 42.9 Å². The maximum absolute atomic E-state index is 5.69. The predicted molar refractivity (Wildman–Crippen MR) is 58.3 cm³/mol. The molecule has 0 aliphatic heterocycles. The molecule has 1 nitrogen and oxygen atoms in total. The van der Waals surface area contributed by atoms with Crippen molar-refractivity contribution >= 4 is 12.4 Å². The summed E-state index contributed by atoms with van der Waals surface area (Å²) in [5.74, 6) is 0. The molecule has 0 amide bonds. The first-order chi connectivity index (χ1) is 5.81. The van der Waals surface area contributed by atoms with Gasteiger partial charge in [0.05, 0.1) is 0 Å². The summed E-state index contributed by atoms with van der Waals surface area (Å²) < 4.78 is 0. The van der Waals surface area contributed by atoms with Crippen LogP contribution in [0.3, 0.4) is 0 Å². The standard InChI is InChI=1S/C11H15N.ClH/c1-8-5-9-3-2-4-11(9)10(6-8)7-12;/h5-6H,2-4,7,12H2,1H3;1H. The summed E-state index contributed by atoms with van der Waals surface area (Å²) in [6, 6.07) is 4.53. The molecule has 2 heteroatoms. The number of benzene rings is 1. The van der Waals surface area contributed by atoms with Crippen LogP contribution in [-0.2, 0) is 19.4 Å². The zero-order valence-electron chi connectivity index (χ0n) is 7.97. The molecule has 0 saturated heterocycles. The monoisotopic (exact) mass is 197 g/mol. The summed E-state index contributed by atoms with van der Waals surface area (Å²) >= 11 is 0. The Morgan fingerprint density at radius 1 is 1.31 bits per heavy atom. The lowest BCUT2D eigenvalue weighted by Gasteiger charge is -2.07. The fourth-order valence-corrected chi connectivity index (χ4v) is 2.15. The SMILES string of the molecule is Cc1cc(CN)c2c(c1)CCC2.Cl. The summed E-state index contributed by atoms with van der Waals surface area (Å²) in [6.07, 6.45) is 3.80. The molecule has 1 aromatic rings. The van der Waals surface area contributed by atoms with E-state index in [0.717, 1.165) is 0 Å². The lowest BCUT2D eigenvalue weighted by molar-refractivity contribution is 0.903. The van der Waals surface area contributed by atoms with Gasteiger partial charge >= 0.3 is 0 Å². The fraction of sp³-hybridized carbons (Fsp3) is 0.455. The van der Waals surface area contributed by atoms with E-state index in [1.165, 1.54) is 41.5 Å². The molecule has 0 unspecified atom stereocenters. The Balaban J connectivity index is 0.000000845. The van der Waals surface area contributed by atoms with Gasteiger partial charge in [-0.2, -0.15) is 0 Å². The number of nitrogens with two attached hydrogens (primary N) is 1. The quantitative estimate of drug-likeness (QED) is 0.735. The topological polar surface area (TPSA) is 26.0 Å². The molecule has 1 aliphatic rings. The van der Waals surface area contributed by atoms with Crippen molar-refractivity contribution in [1.82, 2.24) is 0 Å². The van der Waals surface area contributed by atoms with Gasteiger partial charge in [0.2, 0.25) is 0 Å². The third-order valence-corrected chi connectivity index (χ3v) is 2.67. The van der Waals surface area contributed by atoms with E-state index < -0.39 is 0 Å². The van der Waals surface area contributed by atoms with E-state index in [9.17, 15) is 0 Å². The third-order valence-electron chi connectivity index (χ3n) is 2.67. The van der Waals surface area contributed by atoms with Gasteiger partial charge in [-0.3, -0.25) is 0 Å². The zero-order valence-corrected chi connectivity index (χ0v) is 8.79. The van der Waals surface area contributed by atoms with Crippen molar-refractivity contribution in [2.75, 3.05) is 0 Å². The number of hydrogen-bond acceptors (Lipinski definition) is 1. The summed E-state index contributed by atoms with van der Waals surface area (Å²) in [6.45, 7) is 2.85. The van der Waals surface area contributed by atoms with Crippen molar-refractivity contribution in [2.24, 2.45) is 5.73 Å². The first-order valence-electron chi connectivity index (χ1n) is 4.62. The summed E-state index contributed by atoms with van der Waals surface area (Å²) in [4.78, 5) is 0. The highest BCUT2D eigenvalue weighted by atomic mass is 35.5. The van der Waals surface area contributed by atoms with Crippen molar-refractivity contribution in [3.05, 3.63) is 34.4 Å². The van der Waals surface area contributed by atoms with E-state index in [2.05, 4.69) is 19.1 Å². The molecule has 0 atom stereocenters. The van der Waals surface area contributed by atoms with Crippen LogP contribution in [0.25, 0.3) is 0 Å². The number of rotatable bonds is 1. The number of fused-ring (bicyclic) bond motifs is 1. The molecule has 2 N–H and O–H groups in total. The molecule has 1 aromatic carbocycles. The largest absolute Gasteiger partial charge is 0.326 e. The summed E-state index contributed by atoms with van der Waals surface area (Å²) in [7, 11) is 0. The molecule has 0 aromatic heterocycles. The Kier molecular flexibility index (Phi) is 3.34. The van der Waals surface area contributed by atoms with Crippen molar-refractivity contribution in [2.45, 2.75) is 32.7 Å². The van der Waals surface area contributed by atoms with Crippen LogP contribution in [0.2, 0.25) is 0 Å². The third kappa shape index (κ3) is 1.87. The molecule has 0 fully saturated rings. The number of aryl methyl sites for hydroxylation is 2. The van der Waals surface area contributed by atoms with E-state index in [1.54, 1.807) is 0 Å². The minimum Gasteiger partial charge on any atom is -0.326 e. The van der Waals surface area contributed by atoms with Gasteiger partial charge in [-0.25, -0.2) is 0 Å². The van der Waals surface area contributed by atoms with Gasteiger partial charge in [0.1, 0.15) is 0 Å². The normalized spacial score (nSPS) is 13.7. The molecule has 72 valence electrons. The smallest absolute Gasteiger partial charge is 0.0181 e. The van der Waals surface area contributed by atoms with Gasteiger partial charge in [0.25, 0.3) is 0 Å². The van der Waals surface area contributed by atoms with E-state index in [-0.39, 0.29) is 12.4 Å². The molecule has 13 heavy (non-hydrogen) atoms. The Labute approximate surface area is 85.7 Å². The van der Waals surface area contributed by atoms with E-state index in [4.69, 9.17) is 5.73 Å². The number of hydrogen-bond donors (Lipinski definition) is 1. The van der Waals surface area contributed by atoms with E-state index >= 15 is 0 Å². The molecule has 1 aliphatic carbocycles. The highest BCUT2D eigenvalue weighted by Gasteiger charge is 2.13. The Morgan fingerprint density at radius 2 is 2.08 bits per heavy atom. The van der Waals surface area contributed by atoms with Gasteiger partial charge < -0.3 is 5.73 Å². The van der Waals surface area contributed by atoms with Crippen LogP contribution in [0.1, 0.15) is 28.7 Å². The average molecular weight is 198 g/mol. The van der Waals surface area contributed by atoms with Crippen LogP contribution in [0.4, 0.5) is 0 Å². The maximum atomic E-state index is 5.69. The molecule has 0 radical (unpaired) electrons. The van der Waals surface area contributed by atoms with Crippen LogP contribution in [0.15, 0.2) is 12.1 Å². The van der Waals surface area contributed by atoms with Crippen LogP contribution < -0.4 is 5.73 Å². The Bertz CT molecular complexity index is 307. The lowest BCUT2D eigenvalue weighted by atomic mass is 10.0. The molecule has 0 saturated carbocycles. The van der Waals surface area contributed by atoms with Crippen LogP contribution in [0.5, 0.6) is 0 Å². The van der Waals surface area contributed by atoms with Crippen LogP contribution in [0, 0.1) is 6.92 Å². The Hall–Kier alpha value is -0.530. The molecule has 0 bridgehead atoms. The second kappa shape index (κ2) is 4.12. The molecular weight excluding hydrogens is 182 g/mol. The van der Waals surface area contributed by atoms with Crippen molar-refractivity contribution < 1.29 is 0 Å². The Morgan fingerprint density at radius 3 is 2.77 bits per heavy atom. The second-order valence-electron chi connectivity index (χ2n) is 3.62. The zero-order chi connectivity index (χ0) is 8.55. The highest BCUT2D eigenvalue weighted by Crippen LogP contribution is 2.26.